The second-order valence-corrected chi connectivity index (χ2v) is 7.87. The van der Waals surface area contributed by atoms with Gasteiger partial charge in [0.25, 0.3) is 0 Å². The van der Waals surface area contributed by atoms with Crippen molar-refractivity contribution in [1.82, 2.24) is 4.31 Å². The van der Waals surface area contributed by atoms with Gasteiger partial charge in [0.1, 0.15) is 5.75 Å². The topological polar surface area (TPSA) is 82.1 Å². The number of nitrogens with zero attached hydrogens (tertiary/aromatic N) is 1. The maximum absolute atomic E-state index is 12.5. The van der Waals surface area contributed by atoms with E-state index in [1.807, 2.05) is 0 Å². The lowest BCUT2D eigenvalue weighted by Gasteiger charge is -2.18. The van der Waals surface area contributed by atoms with Crippen LogP contribution in [0.1, 0.15) is 19.4 Å². The summed E-state index contributed by atoms with van der Waals surface area (Å²) >= 11 is 0. The Labute approximate surface area is 164 Å². The van der Waals surface area contributed by atoms with Crippen molar-refractivity contribution >= 4 is 22.1 Å². The smallest absolute Gasteiger partial charge is 0.336 e. The van der Waals surface area contributed by atoms with Crippen LogP contribution in [0, 0.1) is 0 Å². The second kappa shape index (κ2) is 8.45. The van der Waals surface area contributed by atoms with Gasteiger partial charge in [0, 0.05) is 25.2 Å². The standard InChI is InChI=1S/C20H21NO6S/c1-3-21(4-2)28(23,24)17-9-5-15(6-10-17)7-12-20(22)27-16-8-11-18-19(13-16)26-14-25-18/h5-13H,3-4,14H2,1-2H3/b12-7+. The Kier molecular flexibility index (Phi) is 6.01. The minimum absolute atomic E-state index is 0.145. The Bertz CT molecular complexity index is 978. The molecular formula is C20H21NO6S. The van der Waals surface area contributed by atoms with Crippen LogP contribution in [0.4, 0.5) is 0 Å². The van der Waals surface area contributed by atoms with Gasteiger partial charge in [0.2, 0.25) is 16.8 Å². The van der Waals surface area contributed by atoms with E-state index in [0.29, 0.717) is 35.9 Å². The molecule has 2 aromatic carbocycles. The number of ether oxygens (including phenoxy) is 3. The average Bonchev–Trinajstić information content (AvgIpc) is 3.15. The molecule has 1 aliphatic rings. The van der Waals surface area contributed by atoms with Crippen molar-refractivity contribution in [3.8, 4) is 17.2 Å². The fraction of sp³-hybridized carbons (Fsp3) is 0.250. The summed E-state index contributed by atoms with van der Waals surface area (Å²) in [5.41, 5.74) is 0.682. The first kappa shape index (κ1) is 19.9. The van der Waals surface area contributed by atoms with Gasteiger partial charge in [0.15, 0.2) is 11.5 Å². The summed E-state index contributed by atoms with van der Waals surface area (Å²) in [5.74, 6) is 0.924. The molecule has 0 bridgehead atoms. The molecule has 1 heterocycles. The number of carbonyl (C=O) groups is 1. The van der Waals surface area contributed by atoms with Crippen LogP contribution in [0.5, 0.6) is 17.2 Å². The Morgan fingerprint density at radius 2 is 1.75 bits per heavy atom. The van der Waals surface area contributed by atoms with Gasteiger partial charge in [-0.15, -0.1) is 0 Å². The van der Waals surface area contributed by atoms with Gasteiger partial charge >= 0.3 is 5.97 Å². The van der Waals surface area contributed by atoms with Gasteiger partial charge in [-0.25, -0.2) is 13.2 Å². The van der Waals surface area contributed by atoms with Crippen LogP contribution >= 0.6 is 0 Å². The van der Waals surface area contributed by atoms with E-state index in [1.54, 1.807) is 50.3 Å². The van der Waals surface area contributed by atoms with Gasteiger partial charge in [-0.1, -0.05) is 26.0 Å². The highest BCUT2D eigenvalue weighted by atomic mass is 32.2. The molecule has 0 amide bonds. The molecule has 1 aliphatic heterocycles. The predicted molar refractivity (Wildman–Crippen MR) is 104 cm³/mol. The van der Waals surface area contributed by atoms with Crippen LogP contribution in [-0.2, 0) is 14.8 Å². The molecule has 0 atom stereocenters. The summed E-state index contributed by atoms with van der Waals surface area (Å²) in [4.78, 5) is 12.2. The number of rotatable bonds is 7. The molecule has 2 aromatic rings. The molecule has 8 heteroatoms. The van der Waals surface area contributed by atoms with E-state index in [4.69, 9.17) is 14.2 Å². The lowest BCUT2D eigenvalue weighted by molar-refractivity contribution is -0.128. The van der Waals surface area contributed by atoms with Crippen molar-refractivity contribution in [1.29, 1.82) is 0 Å². The summed E-state index contributed by atoms with van der Waals surface area (Å²) in [6.07, 6.45) is 2.83. The molecule has 0 saturated heterocycles. The maximum Gasteiger partial charge on any atom is 0.336 e. The minimum Gasteiger partial charge on any atom is -0.454 e. The van der Waals surface area contributed by atoms with Crippen molar-refractivity contribution in [2.24, 2.45) is 0 Å². The van der Waals surface area contributed by atoms with Gasteiger partial charge in [0.05, 0.1) is 4.90 Å². The number of fused-ring (bicyclic) bond motifs is 1. The lowest BCUT2D eigenvalue weighted by atomic mass is 10.2. The van der Waals surface area contributed by atoms with Gasteiger partial charge in [-0.2, -0.15) is 4.31 Å². The Balaban J connectivity index is 1.65. The van der Waals surface area contributed by atoms with E-state index in [-0.39, 0.29) is 11.7 Å². The van der Waals surface area contributed by atoms with Crippen LogP contribution in [0.25, 0.3) is 6.08 Å². The highest BCUT2D eigenvalue weighted by molar-refractivity contribution is 7.89. The first-order valence-corrected chi connectivity index (χ1v) is 10.3. The number of hydrogen-bond acceptors (Lipinski definition) is 6. The summed E-state index contributed by atoms with van der Waals surface area (Å²) in [6.45, 7) is 4.55. The molecule has 0 aliphatic carbocycles. The first-order valence-electron chi connectivity index (χ1n) is 8.83. The summed E-state index contributed by atoms with van der Waals surface area (Å²) < 4.78 is 42.0. The molecule has 0 N–H and O–H groups in total. The van der Waals surface area contributed by atoms with E-state index >= 15 is 0 Å². The van der Waals surface area contributed by atoms with E-state index in [1.165, 1.54) is 22.5 Å². The second-order valence-electron chi connectivity index (χ2n) is 5.93. The van der Waals surface area contributed by atoms with Crippen molar-refractivity contribution in [3.63, 3.8) is 0 Å². The highest BCUT2D eigenvalue weighted by Crippen LogP contribution is 2.35. The van der Waals surface area contributed by atoms with E-state index in [0.717, 1.165) is 0 Å². The highest BCUT2D eigenvalue weighted by Gasteiger charge is 2.21. The lowest BCUT2D eigenvalue weighted by Crippen LogP contribution is -2.30. The molecular weight excluding hydrogens is 382 g/mol. The number of esters is 1. The molecule has 0 saturated carbocycles. The Morgan fingerprint density at radius 1 is 1.07 bits per heavy atom. The van der Waals surface area contributed by atoms with Gasteiger partial charge in [-0.3, -0.25) is 0 Å². The normalized spacial score (nSPS) is 13.2. The van der Waals surface area contributed by atoms with E-state index in [9.17, 15) is 13.2 Å². The minimum atomic E-state index is -3.50. The largest absolute Gasteiger partial charge is 0.454 e. The fourth-order valence-electron chi connectivity index (χ4n) is 2.72. The number of carbonyl (C=O) groups excluding carboxylic acids is 1. The van der Waals surface area contributed by atoms with Crippen LogP contribution in [0.2, 0.25) is 0 Å². The van der Waals surface area contributed by atoms with Gasteiger partial charge in [-0.05, 0) is 35.9 Å². The Hall–Kier alpha value is -2.84. The molecule has 7 nitrogen and oxygen atoms in total. The third-order valence-corrected chi connectivity index (χ3v) is 6.26. The van der Waals surface area contributed by atoms with Crippen molar-refractivity contribution in [3.05, 3.63) is 54.1 Å². The van der Waals surface area contributed by atoms with E-state index in [2.05, 4.69) is 0 Å². The first-order chi connectivity index (χ1) is 13.4. The Morgan fingerprint density at radius 3 is 2.43 bits per heavy atom. The molecule has 3 rings (SSSR count). The van der Waals surface area contributed by atoms with Crippen LogP contribution in [0.3, 0.4) is 0 Å². The zero-order valence-corrected chi connectivity index (χ0v) is 16.4. The monoisotopic (exact) mass is 403 g/mol. The summed E-state index contributed by atoms with van der Waals surface area (Å²) in [6, 6.07) is 11.2. The maximum atomic E-state index is 12.5. The van der Waals surface area contributed by atoms with Gasteiger partial charge < -0.3 is 14.2 Å². The van der Waals surface area contributed by atoms with Crippen LogP contribution in [-0.4, -0.2) is 38.6 Å². The number of hydrogen-bond donors (Lipinski definition) is 0. The van der Waals surface area contributed by atoms with Crippen LogP contribution < -0.4 is 14.2 Å². The van der Waals surface area contributed by atoms with Crippen molar-refractivity contribution < 1.29 is 27.4 Å². The SMILES string of the molecule is CCN(CC)S(=O)(=O)c1ccc(/C=C/C(=O)Oc2ccc3c(c2)OCO3)cc1. The predicted octanol–water partition coefficient (Wildman–Crippen LogP) is 3.06. The average molecular weight is 403 g/mol. The molecule has 148 valence electrons. The molecule has 0 fully saturated rings. The number of benzene rings is 2. The third-order valence-electron chi connectivity index (χ3n) is 4.20. The quantitative estimate of drug-likeness (QED) is 0.401. The molecule has 0 radical (unpaired) electrons. The summed E-state index contributed by atoms with van der Waals surface area (Å²) in [5, 5.41) is 0. The zero-order chi connectivity index (χ0) is 20.1. The molecule has 0 spiro atoms. The van der Waals surface area contributed by atoms with Crippen LogP contribution in [0.15, 0.2) is 53.4 Å². The number of sulfonamides is 1. The third kappa shape index (κ3) is 4.35. The zero-order valence-electron chi connectivity index (χ0n) is 15.6. The fourth-order valence-corrected chi connectivity index (χ4v) is 4.18. The van der Waals surface area contributed by atoms with Crippen molar-refractivity contribution in [2.75, 3.05) is 19.9 Å². The molecule has 0 aromatic heterocycles. The summed E-state index contributed by atoms with van der Waals surface area (Å²) in [7, 11) is -3.50. The molecule has 0 unspecified atom stereocenters. The van der Waals surface area contributed by atoms with E-state index < -0.39 is 16.0 Å². The molecule has 28 heavy (non-hydrogen) atoms. The van der Waals surface area contributed by atoms with Crippen molar-refractivity contribution in [2.45, 2.75) is 18.7 Å².